The fraction of sp³-hybridized carbons (Fsp3) is 1.00. The zero-order chi connectivity index (χ0) is 10.8. The van der Waals surface area contributed by atoms with E-state index in [-0.39, 0.29) is 0 Å². The van der Waals surface area contributed by atoms with Crippen LogP contribution in [0.3, 0.4) is 0 Å². The van der Waals surface area contributed by atoms with Crippen LogP contribution in [-0.2, 0) is 0 Å². The maximum atomic E-state index is 3.58. The van der Waals surface area contributed by atoms with E-state index < -0.39 is 0 Å². The lowest BCUT2D eigenvalue weighted by Gasteiger charge is -2.29. The van der Waals surface area contributed by atoms with Crippen molar-refractivity contribution < 1.29 is 0 Å². The summed E-state index contributed by atoms with van der Waals surface area (Å²) in [6.07, 6.45) is 1.34. The van der Waals surface area contributed by atoms with Crippen LogP contribution in [0.25, 0.3) is 0 Å². The topological polar surface area (TPSA) is 15.3 Å². The fourth-order valence-electron chi connectivity index (χ4n) is 2.35. The van der Waals surface area contributed by atoms with Crippen LogP contribution in [0.15, 0.2) is 0 Å². The molecule has 1 N–H and O–H groups in total. The number of hydrogen-bond donors (Lipinski definition) is 1. The van der Waals surface area contributed by atoms with Gasteiger partial charge in [-0.2, -0.15) is 0 Å². The van der Waals surface area contributed by atoms with Crippen molar-refractivity contribution in [1.29, 1.82) is 0 Å². The van der Waals surface area contributed by atoms with E-state index in [1.807, 2.05) is 0 Å². The van der Waals surface area contributed by atoms with Crippen LogP contribution in [0.2, 0.25) is 0 Å². The van der Waals surface area contributed by atoms with Crippen molar-refractivity contribution in [2.45, 2.75) is 40.2 Å². The Bertz CT molecular complexity index is 172. The molecule has 0 bridgehead atoms. The van der Waals surface area contributed by atoms with Crippen LogP contribution < -0.4 is 5.32 Å². The molecule has 1 heterocycles. The molecule has 2 nitrogen and oxygen atoms in total. The zero-order valence-corrected chi connectivity index (χ0v) is 10.4. The van der Waals surface area contributed by atoms with E-state index in [1.165, 1.54) is 26.1 Å². The first-order chi connectivity index (χ1) is 6.38. The monoisotopic (exact) mass is 198 g/mol. The standard InChI is InChI=1S/C12H26N2/c1-10-6-7-13-11(10)8-14(5)9-12(2,3)4/h10-11,13H,6-9H2,1-5H3. The molecule has 0 spiro atoms. The molecule has 0 aromatic carbocycles. The first-order valence-corrected chi connectivity index (χ1v) is 5.80. The van der Waals surface area contributed by atoms with Crippen LogP contribution in [0.5, 0.6) is 0 Å². The second kappa shape index (κ2) is 4.63. The average molecular weight is 198 g/mol. The van der Waals surface area contributed by atoms with Gasteiger partial charge in [0.1, 0.15) is 0 Å². The first kappa shape index (κ1) is 12.0. The van der Waals surface area contributed by atoms with Gasteiger partial charge in [-0.1, -0.05) is 27.7 Å². The predicted molar refractivity (Wildman–Crippen MR) is 62.5 cm³/mol. The highest BCUT2D eigenvalue weighted by Gasteiger charge is 2.24. The van der Waals surface area contributed by atoms with Gasteiger partial charge in [-0.05, 0) is 31.3 Å². The number of hydrogen-bond acceptors (Lipinski definition) is 2. The van der Waals surface area contributed by atoms with Crippen molar-refractivity contribution >= 4 is 0 Å². The van der Waals surface area contributed by atoms with E-state index in [4.69, 9.17) is 0 Å². The van der Waals surface area contributed by atoms with Gasteiger partial charge in [-0.15, -0.1) is 0 Å². The lowest BCUT2D eigenvalue weighted by atomic mass is 9.95. The molecule has 0 aromatic rings. The molecule has 1 saturated heterocycles. The van der Waals surface area contributed by atoms with Gasteiger partial charge in [0.2, 0.25) is 0 Å². The number of nitrogens with one attached hydrogen (secondary N) is 1. The molecular formula is C12H26N2. The van der Waals surface area contributed by atoms with Crippen molar-refractivity contribution in [1.82, 2.24) is 10.2 Å². The SMILES string of the molecule is CC1CCNC1CN(C)CC(C)(C)C. The number of rotatable bonds is 3. The van der Waals surface area contributed by atoms with Crippen LogP contribution in [0, 0.1) is 11.3 Å². The van der Waals surface area contributed by atoms with Gasteiger partial charge < -0.3 is 10.2 Å². The molecule has 0 saturated carbocycles. The Kier molecular flexibility index (Phi) is 3.96. The van der Waals surface area contributed by atoms with E-state index in [9.17, 15) is 0 Å². The van der Waals surface area contributed by atoms with Gasteiger partial charge >= 0.3 is 0 Å². The highest BCUT2D eigenvalue weighted by Crippen LogP contribution is 2.18. The largest absolute Gasteiger partial charge is 0.312 e. The Balaban J connectivity index is 2.29. The third-order valence-electron chi connectivity index (χ3n) is 2.95. The average Bonchev–Trinajstić information content (AvgIpc) is 2.32. The Morgan fingerprint density at radius 2 is 2.00 bits per heavy atom. The molecule has 1 aliphatic rings. The Hall–Kier alpha value is -0.0800. The van der Waals surface area contributed by atoms with Gasteiger partial charge in [0, 0.05) is 19.1 Å². The third kappa shape index (κ3) is 3.97. The normalized spacial score (nSPS) is 28.7. The molecule has 84 valence electrons. The molecule has 0 radical (unpaired) electrons. The summed E-state index contributed by atoms with van der Waals surface area (Å²) < 4.78 is 0. The van der Waals surface area contributed by atoms with Gasteiger partial charge in [0.15, 0.2) is 0 Å². The smallest absolute Gasteiger partial charge is 0.0220 e. The van der Waals surface area contributed by atoms with Crippen molar-refractivity contribution in [2.24, 2.45) is 11.3 Å². The minimum atomic E-state index is 0.413. The fourth-order valence-corrected chi connectivity index (χ4v) is 2.35. The lowest BCUT2D eigenvalue weighted by Crippen LogP contribution is -2.41. The summed E-state index contributed by atoms with van der Waals surface area (Å²) >= 11 is 0. The highest BCUT2D eigenvalue weighted by atomic mass is 15.1. The summed E-state index contributed by atoms with van der Waals surface area (Å²) in [5, 5.41) is 3.58. The van der Waals surface area contributed by atoms with E-state index in [0.717, 1.165) is 5.92 Å². The summed E-state index contributed by atoms with van der Waals surface area (Å²) in [7, 11) is 2.23. The second-order valence-electron chi connectivity index (χ2n) is 6.08. The molecule has 1 fully saturated rings. The van der Waals surface area contributed by atoms with E-state index in [0.29, 0.717) is 11.5 Å². The van der Waals surface area contributed by atoms with E-state index in [2.05, 4.69) is 45.0 Å². The molecule has 2 atom stereocenters. The minimum Gasteiger partial charge on any atom is -0.312 e. The maximum absolute atomic E-state index is 3.58. The van der Waals surface area contributed by atoms with E-state index in [1.54, 1.807) is 0 Å². The van der Waals surface area contributed by atoms with Crippen LogP contribution >= 0.6 is 0 Å². The molecule has 1 aliphatic heterocycles. The molecule has 14 heavy (non-hydrogen) atoms. The quantitative estimate of drug-likeness (QED) is 0.746. The van der Waals surface area contributed by atoms with Crippen molar-refractivity contribution in [3.8, 4) is 0 Å². The molecule has 2 heteroatoms. The Labute approximate surface area is 89.1 Å². The summed E-state index contributed by atoms with van der Waals surface area (Å²) in [6, 6.07) is 0.711. The van der Waals surface area contributed by atoms with Gasteiger partial charge in [0.25, 0.3) is 0 Å². The number of nitrogens with zero attached hydrogens (tertiary/aromatic N) is 1. The minimum absolute atomic E-state index is 0.413. The van der Waals surface area contributed by atoms with E-state index >= 15 is 0 Å². The molecule has 0 aromatic heterocycles. The first-order valence-electron chi connectivity index (χ1n) is 5.80. The summed E-state index contributed by atoms with van der Waals surface area (Å²) in [5.41, 5.74) is 0.413. The van der Waals surface area contributed by atoms with Crippen molar-refractivity contribution in [3.05, 3.63) is 0 Å². The zero-order valence-electron chi connectivity index (χ0n) is 10.4. The predicted octanol–water partition coefficient (Wildman–Crippen LogP) is 1.96. The summed E-state index contributed by atoms with van der Waals surface area (Å²) in [5.74, 6) is 0.845. The third-order valence-corrected chi connectivity index (χ3v) is 2.95. The Morgan fingerprint density at radius 1 is 1.36 bits per heavy atom. The Morgan fingerprint density at radius 3 is 2.43 bits per heavy atom. The van der Waals surface area contributed by atoms with Gasteiger partial charge in [-0.3, -0.25) is 0 Å². The summed E-state index contributed by atoms with van der Waals surface area (Å²) in [4.78, 5) is 2.46. The van der Waals surface area contributed by atoms with Crippen LogP contribution in [0.1, 0.15) is 34.1 Å². The maximum Gasteiger partial charge on any atom is 0.0220 e. The van der Waals surface area contributed by atoms with Gasteiger partial charge in [0.05, 0.1) is 0 Å². The van der Waals surface area contributed by atoms with Gasteiger partial charge in [-0.25, -0.2) is 0 Å². The molecule has 1 rings (SSSR count). The number of likely N-dealkylation sites (N-methyl/N-ethyl adjacent to an activating group) is 1. The second-order valence-corrected chi connectivity index (χ2v) is 6.08. The van der Waals surface area contributed by atoms with Crippen LogP contribution in [-0.4, -0.2) is 37.6 Å². The molecule has 0 amide bonds. The highest BCUT2D eigenvalue weighted by molar-refractivity contribution is 4.83. The van der Waals surface area contributed by atoms with Crippen molar-refractivity contribution in [2.75, 3.05) is 26.7 Å². The molecule has 2 unspecified atom stereocenters. The summed E-state index contributed by atoms with van der Waals surface area (Å²) in [6.45, 7) is 12.8. The molecule has 0 aliphatic carbocycles. The lowest BCUT2D eigenvalue weighted by molar-refractivity contribution is 0.203. The van der Waals surface area contributed by atoms with Crippen molar-refractivity contribution in [3.63, 3.8) is 0 Å². The van der Waals surface area contributed by atoms with Crippen LogP contribution in [0.4, 0.5) is 0 Å². The molecular weight excluding hydrogens is 172 g/mol.